The van der Waals surface area contributed by atoms with Crippen molar-refractivity contribution in [3.63, 3.8) is 0 Å². The molecule has 1 unspecified atom stereocenters. The SMILES string of the molecule is CCCCCC(c1cc(F)ccc1F)S(=O)(=O)c1ccc(F)cc1. The molecule has 1 atom stereocenters. The van der Waals surface area contributed by atoms with E-state index < -0.39 is 32.5 Å². The van der Waals surface area contributed by atoms with Gasteiger partial charge < -0.3 is 0 Å². The number of hydrogen-bond acceptors (Lipinski definition) is 2. The van der Waals surface area contributed by atoms with Crippen molar-refractivity contribution in [3.05, 3.63) is 65.5 Å². The summed E-state index contributed by atoms with van der Waals surface area (Å²) in [5.74, 6) is -2.02. The van der Waals surface area contributed by atoms with E-state index >= 15 is 0 Å². The van der Waals surface area contributed by atoms with Crippen molar-refractivity contribution >= 4 is 9.84 Å². The zero-order valence-electron chi connectivity index (χ0n) is 13.3. The van der Waals surface area contributed by atoms with Crippen molar-refractivity contribution in [2.75, 3.05) is 0 Å². The molecule has 6 heteroatoms. The molecule has 0 aliphatic heterocycles. The molecule has 0 N–H and O–H groups in total. The maximum Gasteiger partial charge on any atom is 0.185 e. The molecule has 0 aromatic heterocycles. The van der Waals surface area contributed by atoms with Crippen molar-refractivity contribution in [2.45, 2.75) is 42.8 Å². The molecule has 2 rings (SSSR count). The van der Waals surface area contributed by atoms with Gasteiger partial charge in [0.15, 0.2) is 9.84 Å². The molecule has 0 fully saturated rings. The lowest BCUT2D eigenvalue weighted by Crippen LogP contribution is -2.16. The van der Waals surface area contributed by atoms with Gasteiger partial charge in [0.2, 0.25) is 0 Å². The first kappa shape index (κ1) is 18.5. The monoisotopic (exact) mass is 356 g/mol. The fraction of sp³-hybridized carbons (Fsp3) is 0.333. The van der Waals surface area contributed by atoms with E-state index in [0.29, 0.717) is 6.42 Å². The fourth-order valence-electron chi connectivity index (χ4n) is 2.61. The van der Waals surface area contributed by atoms with Gasteiger partial charge in [0, 0.05) is 5.56 Å². The normalized spacial score (nSPS) is 13.0. The Labute approximate surface area is 140 Å². The first-order valence-corrected chi connectivity index (χ1v) is 9.35. The minimum Gasteiger partial charge on any atom is -0.223 e. The Morgan fingerprint density at radius 2 is 1.54 bits per heavy atom. The van der Waals surface area contributed by atoms with Crippen molar-refractivity contribution in [2.24, 2.45) is 0 Å². The number of hydrogen-bond donors (Lipinski definition) is 0. The first-order chi connectivity index (χ1) is 11.4. The Hall–Kier alpha value is -1.82. The maximum absolute atomic E-state index is 14.1. The van der Waals surface area contributed by atoms with E-state index in [1.165, 1.54) is 0 Å². The molecule has 2 aromatic carbocycles. The van der Waals surface area contributed by atoms with Crippen LogP contribution in [0.3, 0.4) is 0 Å². The van der Waals surface area contributed by atoms with Gasteiger partial charge in [-0.3, -0.25) is 0 Å². The van der Waals surface area contributed by atoms with Crippen LogP contribution < -0.4 is 0 Å². The molecule has 2 nitrogen and oxygen atoms in total. The zero-order chi connectivity index (χ0) is 17.7. The second-order valence-corrected chi connectivity index (χ2v) is 7.78. The summed E-state index contributed by atoms with van der Waals surface area (Å²) in [7, 11) is -3.96. The highest BCUT2D eigenvalue weighted by Gasteiger charge is 2.31. The number of rotatable bonds is 7. The van der Waals surface area contributed by atoms with Gasteiger partial charge in [0.1, 0.15) is 17.5 Å². The number of benzene rings is 2. The summed E-state index contributed by atoms with van der Waals surface area (Å²) in [6.07, 6.45) is 2.40. The molecule has 24 heavy (non-hydrogen) atoms. The van der Waals surface area contributed by atoms with Crippen LogP contribution in [0.2, 0.25) is 0 Å². The van der Waals surface area contributed by atoms with Crippen LogP contribution in [0.1, 0.15) is 43.4 Å². The fourth-order valence-corrected chi connectivity index (χ4v) is 4.44. The topological polar surface area (TPSA) is 34.1 Å². The Morgan fingerprint density at radius 1 is 0.917 bits per heavy atom. The summed E-state index contributed by atoms with van der Waals surface area (Å²) < 4.78 is 66.5. The van der Waals surface area contributed by atoms with Crippen molar-refractivity contribution in [3.8, 4) is 0 Å². The van der Waals surface area contributed by atoms with Crippen molar-refractivity contribution < 1.29 is 21.6 Å². The van der Waals surface area contributed by atoms with E-state index in [9.17, 15) is 21.6 Å². The summed E-state index contributed by atoms with van der Waals surface area (Å²) in [6.45, 7) is 1.96. The average molecular weight is 356 g/mol. The number of unbranched alkanes of at least 4 members (excludes halogenated alkanes) is 2. The van der Waals surface area contributed by atoms with Crippen LogP contribution in [0.15, 0.2) is 47.4 Å². The Balaban J connectivity index is 2.48. The third-order valence-corrected chi connectivity index (χ3v) is 6.06. The van der Waals surface area contributed by atoms with Gasteiger partial charge >= 0.3 is 0 Å². The Kier molecular flexibility index (Phi) is 6.04. The number of sulfone groups is 1. The molecule has 0 saturated heterocycles. The van der Waals surface area contributed by atoms with E-state index in [1.807, 2.05) is 6.92 Å². The van der Waals surface area contributed by atoms with Crippen LogP contribution in [-0.2, 0) is 9.84 Å². The first-order valence-electron chi connectivity index (χ1n) is 7.80. The minimum absolute atomic E-state index is 0.103. The van der Waals surface area contributed by atoms with E-state index in [1.54, 1.807) is 0 Å². The summed E-state index contributed by atoms with van der Waals surface area (Å²) in [5, 5.41) is -1.20. The molecule has 0 aliphatic carbocycles. The van der Waals surface area contributed by atoms with Crippen molar-refractivity contribution in [1.29, 1.82) is 0 Å². The van der Waals surface area contributed by atoms with Crippen LogP contribution in [0.4, 0.5) is 13.2 Å². The molecule has 0 spiro atoms. The lowest BCUT2D eigenvalue weighted by Gasteiger charge is -2.19. The second kappa shape index (κ2) is 7.83. The molecule has 0 saturated carbocycles. The summed E-state index contributed by atoms with van der Waals surface area (Å²) in [5.41, 5.74) is -0.185. The molecule has 0 aliphatic rings. The molecular weight excluding hydrogens is 337 g/mol. The van der Waals surface area contributed by atoms with Crippen LogP contribution in [0.25, 0.3) is 0 Å². The molecule has 0 amide bonds. The van der Waals surface area contributed by atoms with Gasteiger partial charge in [-0.15, -0.1) is 0 Å². The van der Waals surface area contributed by atoms with E-state index in [4.69, 9.17) is 0 Å². The van der Waals surface area contributed by atoms with E-state index in [2.05, 4.69) is 0 Å². The highest BCUT2D eigenvalue weighted by Crippen LogP contribution is 2.35. The highest BCUT2D eigenvalue weighted by atomic mass is 32.2. The summed E-state index contributed by atoms with van der Waals surface area (Å²) >= 11 is 0. The molecule has 0 radical (unpaired) electrons. The molecule has 0 bridgehead atoms. The zero-order valence-corrected chi connectivity index (χ0v) is 14.1. The van der Waals surface area contributed by atoms with Crippen LogP contribution in [0.5, 0.6) is 0 Å². The maximum atomic E-state index is 14.1. The predicted molar refractivity (Wildman–Crippen MR) is 86.8 cm³/mol. The second-order valence-electron chi connectivity index (χ2n) is 5.65. The predicted octanol–water partition coefficient (Wildman–Crippen LogP) is 5.20. The van der Waals surface area contributed by atoms with Gasteiger partial charge in [-0.1, -0.05) is 26.2 Å². The average Bonchev–Trinajstić information content (AvgIpc) is 2.54. The molecule has 0 heterocycles. The molecule has 2 aromatic rings. The minimum atomic E-state index is -3.96. The van der Waals surface area contributed by atoms with Crippen molar-refractivity contribution in [1.82, 2.24) is 0 Å². The third-order valence-electron chi connectivity index (χ3n) is 3.89. The van der Waals surface area contributed by atoms with Crippen LogP contribution >= 0.6 is 0 Å². The van der Waals surface area contributed by atoms with Gasteiger partial charge in [-0.2, -0.15) is 0 Å². The van der Waals surface area contributed by atoms with Crippen LogP contribution in [0, 0.1) is 17.5 Å². The van der Waals surface area contributed by atoms with E-state index in [-0.39, 0.29) is 16.9 Å². The standard InChI is InChI=1S/C18H19F3O2S/c1-2-3-4-5-18(16-12-14(20)8-11-17(16)21)24(22,23)15-9-6-13(19)7-10-15/h6-12,18H,2-5H2,1H3. The Bertz CT molecular complexity index is 786. The summed E-state index contributed by atoms with van der Waals surface area (Å²) in [6, 6.07) is 7.18. The van der Waals surface area contributed by atoms with Crippen LogP contribution in [-0.4, -0.2) is 8.42 Å². The smallest absolute Gasteiger partial charge is 0.185 e. The molecular formula is C18H19F3O2S. The van der Waals surface area contributed by atoms with Gasteiger partial charge in [-0.05, 0) is 48.9 Å². The highest BCUT2D eigenvalue weighted by molar-refractivity contribution is 7.91. The van der Waals surface area contributed by atoms with E-state index in [0.717, 1.165) is 55.3 Å². The summed E-state index contributed by atoms with van der Waals surface area (Å²) in [4.78, 5) is -0.103. The lowest BCUT2D eigenvalue weighted by atomic mass is 10.0. The largest absolute Gasteiger partial charge is 0.223 e. The van der Waals surface area contributed by atoms with Gasteiger partial charge in [0.25, 0.3) is 0 Å². The molecule has 130 valence electrons. The van der Waals surface area contributed by atoms with Gasteiger partial charge in [-0.25, -0.2) is 21.6 Å². The quantitative estimate of drug-likeness (QED) is 0.505. The van der Waals surface area contributed by atoms with Gasteiger partial charge in [0.05, 0.1) is 10.1 Å². The Morgan fingerprint density at radius 3 is 2.17 bits per heavy atom. The lowest BCUT2D eigenvalue weighted by molar-refractivity contribution is 0.540. The third kappa shape index (κ3) is 4.17. The number of halogens is 3.